The maximum Gasteiger partial charge on any atom is 0.238 e. The Balaban J connectivity index is 1.74. The maximum atomic E-state index is 11.9. The van der Waals surface area contributed by atoms with Crippen molar-refractivity contribution in [3.05, 3.63) is 58.1 Å². The Hall–Kier alpha value is -1.75. The van der Waals surface area contributed by atoms with Crippen LogP contribution in [0.4, 0.5) is 5.69 Å². The van der Waals surface area contributed by atoms with E-state index < -0.39 is 0 Å². The van der Waals surface area contributed by atoms with E-state index in [-0.39, 0.29) is 12.5 Å². The molecule has 0 heterocycles. The molecule has 122 valence electrons. The molecular weight excluding hydrogens is 335 g/mol. The highest BCUT2D eigenvalue weighted by Crippen LogP contribution is 2.22. The van der Waals surface area contributed by atoms with E-state index in [0.29, 0.717) is 22.3 Å². The number of methoxy groups -OCH3 is 1. The van der Waals surface area contributed by atoms with E-state index in [1.54, 1.807) is 25.3 Å². The summed E-state index contributed by atoms with van der Waals surface area (Å²) in [5.41, 5.74) is 1.74. The largest absolute Gasteiger partial charge is 0.497 e. The van der Waals surface area contributed by atoms with Gasteiger partial charge in [-0.1, -0.05) is 35.3 Å². The van der Waals surface area contributed by atoms with Gasteiger partial charge in [0.25, 0.3) is 0 Å². The van der Waals surface area contributed by atoms with E-state index in [9.17, 15) is 4.79 Å². The molecule has 0 radical (unpaired) electrons. The molecule has 6 heteroatoms. The molecule has 1 amide bonds. The number of anilines is 1. The van der Waals surface area contributed by atoms with Gasteiger partial charge in [-0.05, 0) is 48.9 Å². The Morgan fingerprint density at radius 3 is 2.57 bits per heavy atom. The first-order valence-corrected chi connectivity index (χ1v) is 7.92. The topological polar surface area (TPSA) is 50.4 Å². The third-order valence-electron chi connectivity index (χ3n) is 3.16. The van der Waals surface area contributed by atoms with Crippen molar-refractivity contribution in [1.82, 2.24) is 5.32 Å². The quantitative estimate of drug-likeness (QED) is 0.745. The molecule has 0 atom stereocenters. The minimum absolute atomic E-state index is 0.144. The van der Waals surface area contributed by atoms with Crippen molar-refractivity contribution < 1.29 is 9.53 Å². The average Bonchev–Trinajstić information content (AvgIpc) is 2.51. The molecule has 0 aliphatic carbocycles. The fourth-order valence-electron chi connectivity index (χ4n) is 2.09. The lowest BCUT2D eigenvalue weighted by Gasteiger charge is -2.08. The highest BCUT2D eigenvalue weighted by molar-refractivity contribution is 6.35. The lowest BCUT2D eigenvalue weighted by Crippen LogP contribution is -2.29. The van der Waals surface area contributed by atoms with Crippen molar-refractivity contribution in [2.75, 3.05) is 25.5 Å². The van der Waals surface area contributed by atoms with Gasteiger partial charge in [0.15, 0.2) is 0 Å². The van der Waals surface area contributed by atoms with E-state index in [1.165, 1.54) is 0 Å². The van der Waals surface area contributed by atoms with Crippen molar-refractivity contribution in [3.8, 4) is 5.75 Å². The van der Waals surface area contributed by atoms with Crippen LogP contribution in [-0.2, 0) is 11.2 Å². The summed E-state index contributed by atoms with van der Waals surface area (Å²) < 4.78 is 5.18. The minimum Gasteiger partial charge on any atom is -0.497 e. The summed E-state index contributed by atoms with van der Waals surface area (Å²) in [6.45, 7) is 0.908. The molecule has 2 N–H and O–H groups in total. The molecule has 0 spiro atoms. The highest BCUT2D eigenvalue weighted by atomic mass is 35.5. The molecule has 2 aromatic carbocycles. The Labute approximate surface area is 145 Å². The van der Waals surface area contributed by atoms with Crippen LogP contribution in [0, 0.1) is 0 Å². The molecule has 2 rings (SSSR count). The second-order valence-corrected chi connectivity index (χ2v) is 5.86. The van der Waals surface area contributed by atoms with E-state index in [0.717, 1.165) is 17.7 Å². The molecule has 0 aliphatic rings. The fourth-order valence-corrected chi connectivity index (χ4v) is 2.62. The first-order chi connectivity index (χ1) is 11.1. The summed E-state index contributed by atoms with van der Waals surface area (Å²) >= 11 is 11.8. The van der Waals surface area contributed by atoms with E-state index in [2.05, 4.69) is 10.6 Å². The molecule has 2 aromatic rings. The number of hydrogen-bond donors (Lipinski definition) is 2. The lowest BCUT2D eigenvalue weighted by atomic mass is 10.1. The number of nitrogens with one attached hydrogen (secondary N) is 2. The number of carbonyl (C=O) groups is 1. The zero-order chi connectivity index (χ0) is 16.7. The molecule has 0 bridgehead atoms. The predicted molar refractivity (Wildman–Crippen MR) is 94.7 cm³/mol. The molecule has 0 saturated heterocycles. The summed E-state index contributed by atoms with van der Waals surface area (Å²) in [5, 5.41) is 6.82. The van der Waals surface area contributed by atoms with Crippen LogP contribution in [-0.4, -0.2) is 26.1 Å². The first kappa shape index (κ1) is 17.6. The third-order valence-corrected chi connectivity index (χ3v) is 3.59. The number of carbonyl (C=O) groups excluding carboxylic acids is 1. The first-order valence-electron chi connectivity index (χ1n) is 7.16. The number of amides is 1. The zero-order valence-electron chi connectivity index (χ0n) is 12.7. The summed E-state index contributed by atoms with van der Waals surface area (Å²) in [7, 11) is 1.64. The van der Waals surface area contributed by atoms with Gasteiger partial charge in [-0.3, -0.25) is 4.79 Å². The Morgan fingerprint density at radius 1 is 1.13 bits per heavy atom. The fraction of sp³-hybridized carbons (Fsp3) is 0.235. The van der Waals surface area contributed by atoms with Crippen molar-refractivity contribution in [2.45, 2.75) is 6.42 Å². The molecule has 0 aromatic heterocycles. The van der Waals surface area contributed by atoms with E-state index in [1.807, 2.05) is 24.3 Å². The molecule has 23 heavy (non-hydrogen) atoms. The second kappa shape index (κ2) is 8.77. The number of rotatable bonds is 7. The van der Waals surface area contributed by atoms with Crippen LogP contribution >= 0.6 is 23.2 Å². The Kier molecular flexibility index (Phi) is 6.71. The van der Waals surface area contributed by atoms with Gasteiger partial charge in [-0.15, -0.1) is 0 Å². The van der Waals surface area contributed by atoms with Gasteiger partial charge in [-0.2, -0.15) is 0 Å². The SMILES string of the molecule is COc1cccc(CCNCC(=O)Nc2cc(Cl)cc(Cl)c2)c1. The molecule has 0 aliphatic heterocycles. The molecular formula is C17H18Cl2N2O2. The van der Waals surface area contributed by atoms with Crippen LogP contribution in [0.5, 0.6) is 5.75 Å². The second-order valence-electron chi connectivity index (χ2n) is 4.98. The summed E-state index contributed by atoms with van der Waals surface area (Å²) in [6.07, 6.45) is 0.813. The van der Waals surface area contributed by atoms with E-state index in [4.69, 9.17) is 27.9 Å². The van der Waals surface area contributed by atoms with Crippen LogP contribution in [0.25, 0.3) is 0 Å². The maximum absolute atomic E-state index is 11.9. The monoisotopic (exact) mass is 352 g/mol. The summed E-state index contributed by atoms with van der Waals surface area (Å²) in [4.78, 5) is 11.9. The van der Waals surface area contributed by atoms with Gasteiger partial charge >= 0.3 is 0 Å². The number of halogens is 2. The molecule has 0 fully saturated rings. The molecule has 0 unspecified atom stereocenters. The summed E-state index contributed by atoms with van der Waals surface area (Å²) in [6, 6.07) is 12.8. The standard InChI is InChI=1S/C17H18Cl2N2O2/c1-23-16-4-2-3-12(7-16)5-6-20-11-17(22)21-15-9-13(18)8-14(19)10-15/h2-4,7-10,20H,5-6,11H2,1H3,(H,21,22). The predicted octanol–water partition coefficient (Wildman–Crippen LogP) is 3.77. The highest BCUT2D eigenvalue weighted by Gasteiger charge is 2.04. The van der Waals surface area contributed by atoms with Gasteiger partial charge in [-0.25, -0.2) is 0 Å². The van der Waals surface area contributed by atoms with Crippen molar-refractivity contribution in [1.29, 1.82) is 0 Å². The van der Waals surface area contributed by atoms with Crippen molar-refractivity contribution >= 4 is 34.8 Å². The van der Waals surface area contributed by atoms with Crippen molar-refractivity contribution in [2.24, 2.45) is 0 Å². The van der Waals surface area contributed by atoms with Crippen LogP contribution < -0.4 is 15.4 Å². The van der Waals surface area contributed by atoms with Gasteiger partial charge < -0.3 is 15.4 Å². The molecule has 4 nitrogen and oxygen atoms in total. The number of benzene rings is 2. The average molecular weight is 353 g/mol. The summed E-state index contributed by atoms with van der Waals surface area (Å²) in [5.74, 6) is 0.687. The van der Waals surface area contributed by atoms with Crippen LogP contribution in [0.15, 0.2) is 42.5 Å². The lowest BCUT2D eigenvalue weighted by molar-refractivity contribution is -0.115. The zero-order valence-corrected chi connectivity index (χ0v) is 14.2. The van der Waals surface area contributed by atoms with E-state index >= 15 is 0 Å². The van der Waals surface area contributed by atoms with Crippen LogP contribution in [0.3, 0.4) is 0 Å². The Bertz CT molecular complexity index is 657. The van der Waals surface area contributed by atoms with Gasteiger partial charge in [0.05, 0.1) is 13.7 Å². The van der Waals surface area contributed by atoms with Gasteiger partial charge in [0.1, 0.15) is 5.75 Å². The van der Waals surface area contributed by atoms with Gasteiger partial charge in [0.2, 0.25) is 5.91 Å². The van der Waals surface area contributed by atoms with Crippen LogP contribution in [0.1, 0.15) is 5.56 Å². The van der Waals surface area contributed by atoms with Gasteiger partial charge in [0, 0.05) is 15.7 Å². The normalized spacial score (nSPS) is 10.4. The Morgan fingerprint density at radius 2 is 1.87 bits per heavy atom. The molecule has 0 saturated carbocycles. The third kappa shape index (κ3) is 6.10. The van der Waals surface area contributed by atoms with Crippen LogP contribution in [0.2, 0.25) is 10.0 Å². The number of ether oxygens (including phenoxy) is 1. The van der Waals surface area contributed by atoms with Crippen molar-refractivity contribution in [3.63, 3.8) is 0 Å². The smallest absolute Gasteiger partial charge is 0.238 e. The number of hydrogen-bond acceptors (Lipinski definition) is 3. The minimum atomic E-state index is -0.144.